The Balaban J connectivity index is 1.93. The smallest absolute Gasteiger partial charge is 0.277 e. The summed E-state index contributed by atoms with van der Waals surface area (Å²) in [5.74, 6) is -3.93. The van der Waals surface area contributed by atoms with E-state index in [1.54, 1.807) is 31.3 Å². The van der Waals surface area contributed by atoms with Crippen molar-refractivity contribution in [2.24, 2.45) is 0 Å². The van der Waals surface area contributed by atoms with Crippen molar-refractivity contribution < 1.29 is 17.6 Å². The normalized spacial score (nSPS) is 23.1. The molecule has 25 heavy (non-hydrogen) atoms. The van der Waals surface area contributed by atoms with Crippen molar-refractivity contribution in [1.82, 2.24) is 9.62 Å². The number of nitrogens with one attached hydrogen (secondary N) is 1. The Morgan fingerprint density at radius 3 is 2.60 bits per heavy atom. The lowest BCUT2D eigenvalue weighted by Crippen LogP contribution is -2.45. The van der Waals surface area contributed by atoms with E-state index >= 15 is 0 Å². The van der Waals surface area contributed by atoms with Gasteiger partial charge in [0, 0.05) is 11.6 Å². The Labute approximate surface area is 149 Å². The highest BCUT2D eigenvalue weighted by atomic mass is 32.1. The summed E-state index contributed by atoms with van der Waals surface area (Å²) >= 11 is 3.82. The summed E-state index contributed by atoms with van der Waals surface area (Å²) in [6.07, 6.45) is 0.0965. The number of nitrogens with zero attached hydrogens (tertiary/aromatic N) is 1. The average Bonchev–Trinajstić information content (AvgIpc) is 2.77. The van der Waals surface area contributed by atoms with E-state index in [-0.39, 0.29) is 12.0 Å². The molecule has 1 heterocycles. The quantitative estimate of drug-likeness (QED) is 0.626. The Bertz CT molecular complexity index is 768. The molecular weight excluding hydrogens is 352 g/mol. The van der Waals surface area contributed by atoms with Crippen molar-refractivity contribution >= 4 is 12.8 Å². The van der Waals surface area contributed by atoms with Crippen LogP contribution in [0.1, 0.15) is 5.56 Å². The van der Waals surface area contributed by atoms with Gasteiger partial charge in [-0.2, -0.15) is 0 Å². The third-order valence-electron chi connectivity index (χ3n) is 4.65. The molecule has 0 aliphatic carbocycles. The van der Waals surface area contributed by atoms with Gasteiger partial charge in [0.2, 0.25) is 0 Å². The zero-order valence-electron chi connectivity index (χ0n) is 13.5. The van der Waals surface area contributed by atoms with Gasteiger partial charge in [-0.3, -0.25) is 9.62 Å². The van der Waals surface area contributed by atoms with Gasteiger partial charge < -0.3 is 0 Å². The van der Waals surface area contributed by atoms with Crippen LogP contribution in [0.5, 0.6) is 0 Å². The monoisotopic (exact) mass is 370 g/mol. The van der Waals surface area contributed by atoms with Crippen LogP contribution in [0, 0.1) is 11.6 Å². The van der Waals surface area contributed by atoms with Crippen molar-refractivity contribution in [2.75, 3.05) is 13.6 Å². The van der Waals surface area contributed by atoms with Gasteiger partial charge in [0.1, 0.15) is 11.6 Å². The summed E-state index contributed by atoms with van der Waals surface area (Å²) in [7, 11) is 1.58. The number of thiol groups is 1. The van der Waals surface area contributed by atoms with Crippen LogP contribution in [0.3, 0.4) is 0 Å². The molecule has 2 atom stereocenters. The fourth-order valence-electron chi connectivity index (χ4n) is 3.38. The van der Waals surface area contributed by atoms with Gasteiger partial charge in [-0.05, 0) is 36.7 Å². The van der Waals surface area contributed by atoms with Crippen molar-refractivity contribution in [3.63, 3.8) is 0 Å². The molecule has 1 saturated heterocycles. The van der Waals surface area contributed by atoms with E-state index in [0.717, 1.165) is 0 Å². The van der Waals surface area contributed by atoms with E-state index in [0.29, 0.717) is 11.1 Å². The molecule has 7 heteroatoms. The Morgan fingerprint density at radius 1 is 1.20 bits per heavy atom. The highest BCUT2D eigenvalue weighted by Gasteiger charge is 2.52. The predicted molar refractivity (Wildman–Crippen MR) is 92.8 cm³/mol. The molecule has 2 nitrogen and oxygen atoms in total. The van der Waals surface area contributed by atoms with E-state index < -0.39 is 36.2 Å². The molecule has 1 aliphatic rings. The standard InChI is InChI=1S/C18H18F4N2S/c1-24-10-18(21,22)17(23-25)15(24)9-12-5-3-7-14(16(12)20)11-4-2-6-13(19)8-11/h2-8,15,17,23,25H,9-10H2,1H3. The Morgan fingerprint density at radius 2 is 1.92 bits per heavy atom. The fourth-order valence-corrected chi connectivity index (χ4v) is 3.74. The van der Waals surface area contributed by atoms with Gasteiger partial charge in [-0.15, -0.1) is 0 Å². The molecule has 0 radical (unpaired) electrons. The van der Waals surface area contributed by atoms with Gasteiger partial charge in [-0.25, -0.2) is 17.6 Å². The van der Waals surface area contributed by atoms with E-state index in [2.05, 4.69) is 17.5 Å². The van der Waals surface area contributed by atoms with Gasteiger partial charge in [0.05, 0.1) is 12.6 Å². The molecule has 2 aromatic rings. The number of halogens is 4. The van der Waals surface area contributed by atoms with Crippen molar-refractivity contribution in [3.8, 4) is 11.1 Å². The molecule has 0 spiro atoms. The van der Waals surface area contributed by atoms with Gasteiger partial charge >= 0.3 is 0 Å². The maximum absolute atomic E-state index is 14.9. The summed E-state index contributed by atoms with van der Waals surface area (Å²) in [4.78, 5) is 1.50. The van der Waals surface area contributed by atoms with Crippen LogP contribution in [-0.2, 0) is 6.42 Å². The minimum Gasteiger partial charge on any atom is -0.295 e. The number of likely N-dealkylation sites (N-methyl/N-ethyl adjacent to an activating group) is 1. The van der Waals surface area contributed by atoms with Gasteiger partial charge in [0.25, 0.3) is 5.92 Å². The maximum atomic E-state index is 14.9. The first-order chi connectivity index (χ1) is 11.8. The summed E-state index contributed by atoms with van der Waals surface area (Å²) in [6, 6.07) is 8.62. The summed E-state index contributed by atoms with van der Waals surface area (Å²) in [6.45, 7) is -0.416. The fraction of sp³-hybridized carbons (Fsp3) is 0.333. The Kier molecular flexibility index (Phi) is 5.09. The minimum atomic E-state index is -2.95. The van der Waals surface area contributed by atoms with Crippen molar-refractivity contribution in [3.05, 3.63) is 59.7 Å². The SMILES string of the molecule is CN1CC(F)(F)C(NS)C1Cc1cccc(-c2cccc(F)c2)c1F. The zero-order chi connectivity index (χ0) is 18.2. The number of hydrogen-bond donors (Lipinski definition) is 2. The number of rotatable bonds is 4. The van der Waals surface area contributed by atoms with E-state index in [9.17, 15) is 17.6 Å². The molecule has 0 saturated carbocycles. The molecule has 0 bridgehead atoms. The molecule has 1 N–H and O–H groups in total. The van der Waals surface area contributed by atoms with Gasteiger partial charge in [-0.1, -0.05) is 43.1 Å². The summed E-state index contributed by atoms with van der Waals surface area (Å²) in [5.41, 5.74) is 0.970. The lowest BCUT2D eigenvalue weighted by atomic mass is 9.95. The number of alkyl halides is 2. The highest BCUT2D eigenvalue weighted by molar-refractivity contribution is 7.78. The minimum absolute atomic E-state index is 0.0965. The molecule has 134 valence electrons. The first-order valence-corrected chi connectivity index (χ1v) is 8.29. The molecule has 3 rings (SSSR count). The molecule has 1 fully saturated rings. The lowest BCUT2D eigenvalue weighted by Gasteiger charge is -2.25. The third-order valence-corrected chi connectivity index (χ3v) is 4.93. The van der Waals surface area contributed by atoms with Crippen LogP contribution >= 0.6 is 12.8 Å². The summed E-state index contributed by atoms with van der Waals surface area (Å²) < 4.78 is 58.7. The second-order valence-electron chi connectivity index (χ2n) is 6.34. The molecule has 2 unspecified atom stereocenters. The molecule has 1 aliphatic heterocycles. The average molecular weight is 370 g/mol. The summed E-state index contributed by atoms with van der Waals surface area (Å²) in [5, 5.41) is 0. The second-order valence-corrected chi connectivity index (χ2v) is 6.60. The van der Waals surface area contributed by atoms with Crippen LogP contribution in [0.4, 0.5) is 17.6 Å². The van der Waals surface area contributed by atoms with E-state index in [1.807, 2.05) is 0 Å². The lowest BCUT2D eigenvalue weighted by molar-refractivity contribution is -0.00409. The molecule has 0 aromatic heterocycles. The number of hydrogen-bond acceptors (Lipinski definition) is 3. The predicted octanol–water partition coefficient (Wildman–Crippen LogP) is 3.93. The van der Waals surface area contributed by atoms with E-state index in [1.165, 1.54) is 23.1 Å². The molecule has 0 amide bonds. The maximum Gasteiger partial charge on any atom is 0.277 e. The number of benzene rings is 2. The van der Waals surface area contributed by atoms with E-state index in [4.69, 9.17) is 0 Å². The highest BCUT2D eigenvalue weighted by Crippen LogP contribution is 2.35. The topological polar surface area (TPSA) is 15.3 Å². The number of likely N-dealkylation sites (tertiary alicyclic amines) is 1. The molecule has 2 aromatic carbocycles. The van der Waals surface area contributed by atoms with Gasteiger partial charge in [0.15, 0.2) is 0 Å². The van der Waals surface area contributed by atoms with Crippen molar-refractivity contribution in [1.29, 1.82) is 0 Å². The zero-order valence-corrected chi connectivity index (χ0v) is 14.4. The van der Waals surface area contributed by atoms with Crippen LogP contribution in [0.15, 0.2) is 42.5 Å². The molecular formula is C18H18F4N2S. The van der Waals surface area contributed by atoms with Crippen LogP contribution in [0.25, 0.3) is 11.1 Å². The first-order valence-electron chi connectivity index (χ1n) is 7.84. The second kappa shape index (κ2) is 6.97. The Hall–Kier alpha value is -1.57. The first kappa shape index (κ1) is 18.2. The largest absolute Gasteiger partial charge is 0.295 e. The van der Waals surface area contributed by atoms with Crippen LogP contribution in [-0.4, -0.2) is 36.5 Å². The van der Waals surface area contributed by atoms with Crippen LogP contribution < -0.4 is 4.72 Å². The van der Waals surface area contributed by atoms with Crippen LogP contribution in [0.2, 0.25) is 0 Å². The third kappa shape index (κ3) is 3.54. The van der Waals surface area contributed by atoms with Crippen molar-refractivity contribution in [2.45, 2.75) is 24.4 Å².